The predicted molar refractivity (Wildman–Crippen MR) is 118 cm³/mol. The van der Waals surface area contributed by atoms with Gasteiger partial charge in [0.2, 0.25) is 11.8 Å². The summed E-state index contributed by atoms with van der Waals surface area (Å²) in [5.74, 6) is -3.06. The maximum absolute atomic E-state index is 13.1. The lowest BCUT2D eigenvalue weighted by molar-refractivity contribution is -0.134. The molecule has 3 rings (SSSR count). The van der Waals surface area contributed by atoms with Crippen molar-refractivity contribution in [2.75, 3.05) is 31.5 Å². The van der Waals surface area contributed by atoms with E-state index in [4.69, 9.17) is 0 Å². The van der Waals surface area contributed by atoms with Crippen molar-refractivity contribution in [1.29, 1.82) is 0 Å². The molecule has 2 fully saturated rings. The highest BCUT2D eigenvalue weighted by Gasteiger charge is 2.33. The van der Waals surface area contributed by atoms with E-state index in [0.29, 0.717) is 25.9 Å². The molecule has 2 heterocycles. The van der Waals surface area contributed by atoms with Gasteiger partial charge >= 0.3 is 0 Å². The third-order valence-corrected chi connectivity index (χ3v) is 6.37. The van der Waals surface area contributed by atoms with Crippen LogP contribution in [0.25, 0.3) is 0 Å². The highest BCUT2D eigenvalue weighted by atomic mass is 19.3. The van der Waals surface area contributed by atoms with E-state index >= 15 is 0 Å². The van der Waals surface area contributed by atoms with E-state index in [1.54, 1.807) is 0 Å². The number of carbonyl (C=O) groups is 2. The van der Waals surface area contributed by atoms with Crippen LogP contribution < -0.4 is 10.6 Å². The molecular formula is C24H35F2N3O2. The molecule has 0 radical (unpaired) electrons. The van der Waals surface area contributed by atoms with Crippen LogP contribution in [-0.4, -0.2) is 48.8 Å². The molecule has 31 heavy (non-hydrogen) atoms. The van der Waals surface area contributed by atoms with Crippen LogP contribution in [0.1, 0.15) is 75.7 Å². The first kappa shape index (κ1) is 23.6. The third-order valence-electron chi connectivity index (χ3n) is 6.37. The molecule has 0 saturated carbocycles. The van der Waals surface area contributed by atoms with Gasteiger partial charge in [-0.1, -0.05) is 37.8 Å². The number of carbonyl (C=O) groups excluding carboxylic acids is 2. The van der Waals surface area contributed by atoms with Gasteiger partial charge in [-0.3, -0.25) is 14.9 Å². The van der Waals surface area contributed by atoms with Gasteiger partial charge in [0.25, 0.3) is 5.92 Å². The van der Waals surface area contributed by atoms with Crippen molar-refractivity contribution in [3.05, 3.63) is 29.8 Å². The Morgan fingerprint density at radius 2 is 1.61 bits per heavy atom. The van der Waals surface area contributed by atoms with Crippen LogP contribution in [0.2, 0.25) is 0 Å². The summed E-state index contributed by atoms with van der Waals surface area (Å²) in [5.41, 5.74) is 2.00. The van der Waals surface area contributed by atoms with E-state index in [1.807, 2.05) is 24.3 Å². The summed E-state index contributed by atoms with van der Waals surface area (Å²) >= 11 is 0. The zero-order chi connectivity index (χ0) is 22.1. The molecule has 2 aliphatic heterocycles. The number of halogens is 2. The number of piperidine rings is 2. The largest absolute Gasteiger partial charge is 0.385 e. The highest BCUT2D eigenvalue weighted by Crippen LogP contribution is 2.28. The number of alkyl halides is 2. The second kappa shape index (κ2) is 11.6. The zero-order valence-electron chi connectivity index (χ0n) is 18.3. The van der Waals surface area contributed by atoms with E-state index in [9.17, 15) is 18.4 Å². The SMILES string of the molecule is O=C1CCC(c2ccc(NCCCCCCCCN3CCC(F)(F)CC3)cc2)C(=O)N1. The number of rotatable bonds is 11. The van der Waals surface area contributed by atoms with Crippen molar-refractivity contribution >= 4 is 17.5 Å². The number of nitrogens with zero attached hydrogens (tertiary/aromatic N) is 1. The fourth-order valence-electron chi connectivity index (χ4n) is 4.35. The molecule has 2 saturated heterocycles. The highest BCUT2D eigenvalue weighted by molar-refractivity contribution is 6.00. The Morgan fingerprint density at radius 3 is 2.29 bits per heavy atom. The minimum Gasteiger partial charge on any atom is -0.385 e. The van der Waals surface area contributed by atoms with Crippen molar-refractivity contribution in [3.63, 3.8) is 0 Å². The molecule has 0 bridgehead atoms. The van der Waals surface area contributed by atoms with Crippen LogP contribution in [0.5, 0.6) is 0 Å². The lowest BCUT2D eigenvalue weighted by Gasteiger charge is -2.31. The average molecular weight is 436 g/mol. The first-order chi connectivity index (χ1) is 14.9. The van der Waals surface area contributed by atoms with Gasteiger partial charge in [0.1, 0.15) is 0 Å². The van der Waals surface area contributed by atoms with Crippen molar-refractivity contribution in [2.24, 2.45) is 0 Å². The van der Waals surface area contributed by atoms with E-state index in [0.717, 1.165) is 37.2 Å². The molecule has 0 spiro atoms. The fourth-order valence-corrected chi connectivity index (χ4v) is 4.35. The monoisotopic (exact) mass is 435 g/mol. The number of hydrogen-bond acceptors (Lipinski definition) is 4. The summed E-state index contributed by atoms with van der Waals surface area (Å²) in [6, 6.07) is 7.92. The molecule has 1 aromatic carbocycles. The van der Waals surface area contributed by atoms with Gasteiger partial charge in [0.05, 0.1) is 5.92 Å². The van der Waals surface area contributed by atoms with Crippen molar-refractivity contribution in [3.8, 4) is 0 Å². The zero-order valence-corrected chi connectivity index (χ0v) is 18.3. The first-order valence-corrected chi connectivity index (χ1v) is 11.7. The number of imide groups is 1. The number of unbranched alkanes of at least 4 members (excludes halogenated alkanes) is 5. The van der Waals surface area contributed by atoms with Crippen LogP contribution in [-0.2, 0) is 9.59 Å². The van der Waals surface area contributed by atoms with Gasteiger partial charge in [0.15, 0.2) is 0 Å². The minimum atomic E-state index is -2.44. The Hall–Kier alpha value is -2.02. The Kier molecular flexibility index (Phi) is 8.81. The molecule has 172 valence electrons. The molecule has 5 nitrogen and oxygen atoms in total. The molecule has 7 heteroatoms. The molecule has 2 aliphatic rings. The number of benzene rings is 1. The van der Waals surface area contributed by atoms with Gasteiger partial charge in [-0.15, -0.1) is 0 Å². The molecule has 2 amide bonds. The maximum Gasteiger partial charge on any atom is 0.250 e. The standard InChI is InChI=1S/C24H35F2N3O2/c25-24(26)13-17-29(18-14-24)16-6-4-2-1-3-5-15-27-20-9-7-19(8-10-20)21-11-12-22(30)28-23(21)31/h7-10,21,27H,1-6,11-18H2,(H,28,30,31). The topological polar surface area (TPSA) is 61.4 Å². The van der Waals surface area contributed by atoms with Crippen LogP contribution >= 0.6 is 0 Å². The molecule has 1 aromatic rings. The third kappa shape index (κ3) is 7.87. The van der Waals surface area contributed by atoms with E-state index < -0.39 is 5.92 Å². The summed E-state index contributed by atoms with van der Waals surface area (Å²) < 4.78 is 26.3. The second-order valence-corrected chi connectivity index (χ2v) is 8.87. The Bertz CT molecular complexity index is 714. The molecule has 2 N–H and O–H groups in total. The van der Waals surface area contributed by atoms with Crippen LogP contribution in [0.4, 0.5) is 14.5 Å². The van der Waals surface area contributed by atoms with E-state index in [1.165, 1.54) is 25.7 Å². The smallest absolute Gasteiger partial charge is 0.250 e. The minimum absolute atomic E-state index is 0.0135. The van der Waals surface area contributed by atoms with E-state index in [2.05, 4.69) is 15.5 Å². The first-order valence-electron chi connectivity index (χ1n) is 11.7. The van der Waals surface area contributed by atoms with Crippen molar-refractivity contribution in [2.45, 2.75) is 76.0 Å². The summed E-state index contributed by atoms with van der Waals surface area (Å²) in [5, 5.41) is 5.83. The second-order valence-electron chi connectivity index (χ2n) is 8.87. The molecule has 0 aromatic heterocycles. The van der Waals surface area contributed by atoms with Crippen LogP contribution in [0, 0.1) is 0 Å². The van der Waals surface area contributed by atoms with Gasteiger partial charge in [-0.25, -0.2) is 8.78 Å². The molecule has 0 aliphatic carbocycles. The van der Waals surface area contributed by atoms with Crippen LogP contribution in [0.3, 0.4) is 0 Å². The predicted octanol–water partition coefficient (Wildman–Crippen LogP) is 4.69. The Labute approximate surface area is 184 Å². The number of likely N-dealkylation sites (tertiary alicyclic amines) is 1. The summed E-state index contributed by atoms with van der Waals surface area (Å²) in [4.78, 5) is 25.4. The van der Waals surface area contributed by atoms with Crippen LogP contribution in [0.15, 0.2) is 24.3 Å². The van der Waals surface area contributed by atoms with Gasteiger partial charge in [-0.05, 0) is 43.5 Å². The molecule has 1 unspecified atom stereocenters. The molecular weight excluding hydrogens is 400 g/mol. The molecule has 1 atom stereocenters. The summed E-state index contributed by atoms with van der Waals surface area (Å²) in [6.07, 6.45) is 7.95. The van der Waals surface area contributed by atoms with E-state index in [-0.39, 0.29) is 30.6 Å². The fraction of sp³-hybridized carbons (Fsp3) is 0.667. The number of hydrogen-bond donors (Lipinski definition) is 2. The van der Waals surface area contributed by atoms with Crippen molar-refractivity contribution < 1.29 is 18.4 Å². The quantitative estimate of drug-likeness (QED) is 0.391. The van der Waals surface area contributed by atoms with Crippen molar-refractivity contribution in [1.82, 2.24) is 10.2 Å². The van der Waals surface area contributed by atoms with Gasteiger partial charge in [-0.2, -0.15) is 0 Å². The lowest BCUT2D eigenvalue weighted by Crippen LogP contribution is -2.39. The maximum atomic E-state index is 13.1. The Balaban J connectivity index is 1.20. The van der Waals surface area contributed by atoms with Gasteiger partial charge < -0.3 is 10.2 Å². The number of nitrogens with one attached hydrogen (secondary N) is 2. The number of amides is 2. The summed E-state index contributed by atoms with van der Waals surface area (Å²) in [7, 11) is 0. The average Bonchev–Trinajstić information content (AvgIpc) is 2.74. The normalized spacial score (nSPS) is 21.7. The summed E-state index contributed by atoms with van der Waals surface area (Å²) in [6.45, 7) is 2.94. The lowest BCUT2D eigenvalue weighted by atomic mass is 9.90. The Morgan fingerprint density at radius 1 is 0.968 bits per heavy atom. The van der Waals surface area contributed by atoms with Gasteiger partial charge in [0, 0.05) is 44.6 Å². The number of anilines is 1.